The topological polar surface area (TPSA) is 89.5 Å². The number of methoxy groups -OCH3 is 1. The van der Waals surface area contributed by atoms with Crippen LogP contribution in [-0.2, 0) is 25.5 Å². The fourth-order valence-electron chi connectivity index (χ4n) is 3.40. The third-order valence-corrected chi connectivity index (χ3v) is 5.39. The number of hydrogen-bond acceptors (Lipinski definition) is 5. The van der Waals surface area contributed by atoms with E-state index in [1.165, 1.54) is 12.7 Å². The number of carbonyl (C=O) groups is 4. The average Bonchev–Trinajstić information content (AvgIpc) is 2.92. The molecule has 0 aromatic heterocycles. The molecule has 38 heavy (non-hydrogen) atoms. The number of ether oxygens (including phenoxy) is 1. The Morgan fingerprint density at radius 2 is 1.45 bits per heavy atom. The Labute approximate surface area is 226 Å². The molecule has 3 aromatic rings. The summed E-state index contributed by atoms with van der Waals surface area (Å²) in [6, 6.07) is 22.3. The van der Waals surface area contributed by atoms with Crippen LogP contribution in [0.2, 0.25) is 0 Å². The van der Waals surface area contributed by atoms with Crippen LogP contribution in [0, 0.1) is 13.8 Å². The number of nitrogens with one attached hydrogen (secondary N) is 1. The van der Waals surface area contributed by atoms with Crippen molar-refractivity contribution in [3.8, 4) is 0 Å². The van der Waals surface area contributed by atoms with Gasteiger partial charge in [-0.25, -0.2) is 0 Å². The van der Waals surface area contributed by atoms with Crippen LogP contribution in [0.3, 0.4) is 0 Å². The lowest BCUT2D eigenvalue weighted by Gasteiger charge is -2.10. The van der Waals surface area contributed by atoms with Gasteiger partial charge in [0.25, 0.3) is 0 Å². The third kappa shape index (κ3) is 11.8. The van der Waals surface area contributed by atoms with Crippen molar-refractivity contribution >= 4 is 29.1 Å². The summed E-state index contributed by atoms with van der Waals surface area (Å²) in [6.45, 7) is 9.51. The van der Waals surface area contributed by atoms with E-state index >= 15 is 0 Å². The summed E-state index contributed by atoms with van der Waals surface area (Å²) in [4.78, 5) is 46.3. The van der Waals surface area contributed by atoms with E-state index in [9.17, 15) is 19.2 Å². The molecule has 0 fully saturated rings. The predicted octanol–water partition coefficient (Wildman–Crippen LogP) is 6.66. The molecule has 0 aliphatic carbocycles. The molecule has 0 aliphatic heterocycles. The van der Waals surface area contributed by atoms with Gasteiger partial charge in [0, 0.05) is 36.1 Å². The standard InChI is InChI=1S/C20H21NO4.C10H12O.C2H6/c1-14-11-12-16(21-18(22)9-6-10-19(23)25-2)13-17(14)20(24)15-7-4-3-5-8-15;1-8-3-5-10(6-4-8)7-9(2)11;1-2/h3-5,7-8,11-13H,6,9-10H2,1-2H3,(H,21,22);3-6H,7H2,1-2H3;1-2H3. The van der Waals surface area contributed by atoms with Crippen LogP contribution in [0.4, 0.5) is 5.69 Å². The summed E-state index contributed by atoms with van der Waals surface area (Å²) in [7, 11) is 1.32. The van der Waals surface area contributed by atoms with Gasteiger partial charge in [0.1, 0.15) is 5.78 Å². The highest BCUT2D eigenvalue weighted by Crippen LogP contribution is 2.19. The van der Waals surface area contributed by atoms with Crippen LogP contribution in [0.25, 0.3) is 0 Å². The van der Waals surface area contributed by atoms with E-state index in [1.807, 2.05) is 70.2 Å². The maximum absolute atomic E-state index is 12.6. The Hall–Kier alpha value is -4.06. The Morgan fingerprint density at radius 1 is 0.816 bits per heavy atom. The molecule has 0 aliphatic rings. The van der Waals surface area contributed by atoms with Crippen molar-refractivity contribution in [1.29, 1.82) is 0 Å². The Morgan fingerprint density at radius 3 is 2.03 bits per heavy atom. The Kier molecular flexibility index (Phi) is 14.6. The number of amides is 1. The Bertz CT molecular complexity index is 1180. The number of anilines is 1. The number of Topliss-reactive ketones (excluding diaryl/α,β-unsaturated/α-hetero) is 1. The molecule has 0 saturated carbocycles. The zero-order chi connectivity index (χ0) is 28.5. The minimum Gasteiger partial charge on any atom is -0.469 e. The average molecular weight is 518 g/mol. The van der Waals surface area contributed by atoms with Crippen molar-refractivity contribution in [3.05, 3.63) is 101 Å². The molecule has 6 heteroatoms. The molecule has 0 bridgehead atoms. The normalized spacial score (nSPS) is 9.63. The zero-order valence-corrected chi connectivity index (χ0v) is 23.3. The fourth-order valence-corrected chi connectivity index (χ4v) is 3.40. The SMILES string of the molecule is CC.CC(=O)Cc1ccc(C)cc1.COC(=O)CCCC(=O)Nc1ccc(C)c(C(=O)c2ccccc2)c1. The number of carbonyl (C=O) groups excluding carboxylic acids is 4. The van der Waals surface area contributed by atoms with Crippen LogP contribution < -0.4 is 5.32 Å². The Balaban J connectivity index is 0.000000463. The summed E-state index contributed by atoms with van der Waals surface area (Å²) in [5.74, 6) is -0.404. The molecule has 0 unspecified atom stereocenters. The molecule has 0 atom stereocenters. The van der Waals surface area contributed by atoms with Crippen LogP contribution >= 0.6 is 0 Å². The first kappa shape index (κ1) is 32.0. The molecule has 1 amide bonds. The second kappa shape index (κ2) is 17.4. The van der Waals surface area contributed by atoms with Gasteiger partial charge < -0.3 is 10.1 Å². The van der Waals surface area contributed by atoms with Crippen molar-refractivity contribution in [3.63, 3.8) is 0 Å². The van der Waals surface area contributed by atoms with Gasteiger partial charge in [-0.3, -0.25) is 19.2 Å². The van der Waals surface area contributed by atoms with Gasteiger partial charge in [-0.1, -0.05) is 80.1 Å². The lowest BCUT2D eigenvalue weighted by Crippen LogP contribution is -2.13. The number of hydrogen-bond donors (Lipinski definition) is 1. The van der Waals surface area contributed by atoms with Crippen molar-refractivity contribution in [2.24, 2.45) is 0 Å². The lowest BCUT2D eigenvalue weighted by molar-refractivity contribution is -0.140. The van der Waals surface area contributed by atoms with E-state index in [0.29, 0.717) is 29.7 Å². The molecule has 0 radical (unpaired) electrons. The smallest absolute Gasteiger partial charge is 0.305 e. The van der Waals surface area contributed by atoms with Gasteiger partial charge in [-0.15, -0.1) is 0 Å². The van der Waals surface area contributed by atoms with E-state index in [-0.39, 0.29) is 36.3 Å². The highest BCUT2D eigenvalue weighted by atomic mass is 16.5. The lowest BCUT2D eigenvalue weighted by atomic mass is 9.98. The molecule has 3 aromatic carbocycles. The monoisotopic (exact) mass is 517 g/mol. The number of aryl methyl sites for hydroxylation is 2. The van der Waals surface area contributed by atoms with Gasteiger partial charge in [-0.2, -0.15) is 0 Å². The van der Waals surface area contributed by atoms with Crippen molar-refractivity contribution in [2.45, 2.75) is 60.3 Å². The first-order valence-corrected chi connectivity index (χ1v) is 12.8. The molecular formula is C32H39NO5. The maximum Gasteiger partial charge on any atom is 0.305 e. The van der Waals surface area contributed by atoms with Crippen molar-refractivity contribution < 1.29 is 23.9 Å². The second-order valence-corrected chi connectivity index (χ2v) is 8.57. The summed E-state index contributed by atoms with van der Waals surface area (Å²) in [5, 5.41) is 2.76. The van der Waals surface area contributed by atoms with Gasteiger partial charge in [0.15, 0.2) is 5.78 Å². The third-order valence-electron chi connectivity index (χ3n) is 5.39. The second-order valence-electron chi connectivity index (χ2n) is 8.57. The van der Waals surface area contributed by atoms with Gasteiger partial charge in [-0.05, 0) is 50.5 Å². The van der Waals surface area contributed by atoms with Crippen molar-refractivity contribution in [1.82, 2.24) is 0 Å². The van der Waals surface area contributed by atoms with Gasteiger partial charge >= 0.3 is 5.97 Å². The van der Waals surface area contributed by atoms with Crippen LogP contribution in [0.15, 0.2) is 72.8 Å². The van der Waals surface area contributed by atoms with Crippen LogP contribution in [0.1, 0.15) is 72.6 Å². The van der Waals surface area contributed by atoms with Crippen molar-refractivity contribution in [2.75, 3.05) is 12.4 Å². The quantitative estimate of drug-likeness (QED) is 0.253. The predicted molar refractivity (Wildman–Crippen MR) is 152 cm³/mol. The first-order valence-electron chi connectivity index (χ1n) is 12.8. The van der Waals surface area contributed by atoms with Gasteiger partial charge in [0.05, 0.1) is 7.11 Å². The van der Waals surface area contributed by atoms with E-state index in [1.54, 1.807) is 37.3 Å². The number of esters is 1. The summed E-state index contributed by atoms with van der Waals surface area (Å²) >= 11 is 0. The minimum absolute atomic E-state index is 0.0834. The van der Waals surface area contributed by atoms with E-state index in [0.717, 1.165) is 11.1 Å². The summed E-state index contributed by atoms with van der Waals surface area (Å²) < 4.78 is 4.54. The molecule has 0 spiro atoms. The van der Waals surface area contributed by atoms with E-state index < -0.39 is 0 Å². The van der Waals surface area contributed by atoms with E-state index in [2.05, 4.69) is 10.1 Å². The fraction of sp³-hybridized carbons (Fsp3) is 0.312. The minimum atomic E-state index is -0.334. The largest absolute Gasteiger partial charge is 0.469 e. The molecule has 202 valence electrons. The zero-order valence-electron chi connectivity index (χ0n) is 23.3. The summed E-state index contributed by atoms with van der Waals surface area (Å²) in [6.07, 6.45) is 1.39. The molecule has 3 rings (SSSR count). The molecule has 6 nitrogen and oxygen atoms in total. The number of rotatable bonds is 9. The van der Waals surface area contributed by atoms with Crippen LogP contribution in [0.5, 0.6) is 0 Å². The number of benzene rings is 3. The maximum atomic E-state index is 12.6. The highest BCUT2D eigenvalue weighted by Gasteiger charge is 2.13. The molecule has 0 heterocycles. The molecular weight excluding hydrogens is 478 g/mol. The summed E-state index contributed by atoms with van der Waals surface area (Å²) in [5.41, 5.74) is 4.90. The molecule has 0 saturated heterocycles. The molecule has 1 N–H and O–H groups in total. The number of ketones is 2. The van der Waals surface area contributed by atoms with Crippen LogP contribution in [-0.4, -0.2) is 30.6 Å². The van der Waals surface area contributed by atoms with E-state index in [4.69, 9.17) is 0 Å². The van der Waals surface area contributed by atoms with Gasteiger partial charge in [0.2, 0.25) is 5.91 Å². The first-order chi connectivity index (χ1) is 18.2. The highest BCUT2D eigenvalue weighted by molar-refractivity contribution is 6.10.